The van der Waals surface area contributed by atoms with E-state index in [-0.39, 0.29) is 5.97 Å². The SMILES string of the molecule is COC(=O)[C@H](C)Nc1c2ccccc2cc2ccccc12. The van der Waals surface area contributed by atoms with E-state index in [1.54, 1.807) is 0 Å². The fourth-order valence-electron chi connectivity index (χ4n) is 2.62. The summed E-state index contributed by atoms with van der Waals surface area (Å²) in [5.74, 6) is -0.271. The van der Waals surface area contributed by atoms with Gasteiger partial charge < -0.3 is 10.1 Å². The Balaban J connectivity index is 2.22. The van der Waals surface area contributed by atoms with Crippen molar-refractivity contribution in [3.05, 3.63) is 54.6 Å². The highest BCUT2D eigenvalue weighted by Gasteiger charge is 2.15. The van der Waals surface area contributed by atoms with Gasteiger partial charge in [0.25, 0.3) is 0 Å². The molecule has 106 valence electrons. The van der Waals surface area contributed by atoms with Gasteiger partial charge in [-0.25, -0.2) is 4.79 Å². The van der Waals surface area contributed by atoms with Crippen molar-refractivity contribution >= 4 is 33.2 Å². The van der Waals surface area contributed by atoms with Crippen LogP contribution in [0, 0.1) is 0 Å². The summed E-state index contributed by atoms with van der Waals surface area (Å²) in [5.41, 5.74) is 0.974. The van der Waals surface area contributed by atoms with Crippen LogP contribution in [0.1, 0.15) is 6.92 Å². The Morgan fingerprint density at radius 1 is 1.00 bits per heavy atom. The molecule has 0 saturated carbocycles. The molecule has 0 unspecified atom stereocenters. The average molecular weight is 279 g/mol. The summed E-state index contributed by atoms with van der Waals surface area (Å²) in [5, 5.41) is 7.81. The van der Waals surface area contributed by atoms with E-state index in [4.69, 9.17) is 4.74 Å². The third-order valence-electron chi connectivity index (χ3n) is 3.69. The molecule has 0 radical (unpaired) electrons. The van der Waals surface area contributed by atoms with Crippen LogP contribution in [0.4, 0.5) is 5.69 Å². The molecule has 0 saturated heterocycles. The molecule has 0 aliphatic heterocycles. The van der Waals surface area contributed by atoms with E-state index in [0.717, 1.165) is 27.2 Å². The second-order valence-electron chi connectivity index (χ2n) is 5.08. The second kappa shape index (κ2) is 5.44. The maximum atomic E-state index is 11.7. The van der Waals surface area contributed by atoms with E-state index in [9.17, 15) is 4.79 Å². The molecule has 3 aromatic rings. The predicted octanol–water partition coefficient (Wildman–Crippen LogP) is 3.97. The molecule has 3 aromatic carbocycles. The van der Waals surface area contributed by atoms with Crippen LogP contribution in [-0.2, 0) is 9.53 Å². The van der Waals surface area contributed by atoms with Gasteiger partial charge >= 0.3 is 5.97 Å². The zero-order chi connectivity index (χ0) is 14.8. The Morgan fingerprint density at radius 2 is 1.52 bits per heavy atom. The van der Waals surface area contributed by atoms with Crippen LogP contribution in [0.2, 0.25) is 0 Å². The summed E-state index contributed by atoms with van der Waals surface area (Å²) in [7, 11) is 1.40. The summed E-state index contributed by atoms with van der Waals surface area (Å²) >= 11 is 0. The van der Waals surface area contributed by atoms with Gasteiger partial charge in [-0.2, -0.15) is 0 Å². The summed E-state index contributed by atoms with van der Waals surface area (Å²) in [6.45, 7) is 1.81. The molecule has 0 aromatic heterocycles. The maximum Gasteiger partial charge on any atom is 0.327 e. The molecule has 0 heterocycles. The number of rotatable bonds is 3. The molecule has 0 aliphatic carbocycles. The minimum atomic E-state index is -0.399. The Hall–Kier alpha value is -2.55. The molecule has 0 aliphatic rings. The highest BCUT2D eigenvalue weighted by atomic mass is 16.5. The van der Waals surface area contributed by atoms with Crippen molar-refractivity contribution in [2.45, 2.75) is 13.0 Å². The first kappa shape index (κ1) is 13.4. The van der Waals surface area contributed by atoms with Crippen molar-refractivity contribution < 1.29 is 9.53 Å². The van der Waals surface area contributed by atoms with Crippen molar-refractivity contribution in [3.63, 3.8) is 0 Å². The van der Waals surface area contributed by atoms with Gasteiger partial charge in [-0.3, -0.25) is 0 Å². The van der Waals surface area contributed by atoms with Crippen LogP contribution in [0.3, 0.4) is 0 Å². The molecule has 21 heavy (non-hydrogen) atoms. The summed E-state index contributed by atoms with van der Waals surface area (Å²) in [6, 6.07) is 18.1. The number of fused-ring (bicyclic) bond motifs is 2. The lowest BCUT2D eigenvalue weighted by atomic mass is 10.0. The fraction of sp³-hybridized carbons (Fsp3) is 0.167. The van der Waals surface area contributed by atoms with Crippen molar-refractivity contribution in [2.75, 3.05) is 12.4 Å². The Kier molecular flexibility index (Phi) is 3.48. The quantitative estimate of drug-likeness (QED) is 0.582. The molecule has 0 amide bonds. The third kappa shape index (κ3) is 2.42. The molecule has 1 atom stereocenters. The normalized spacial score (nSPS) is 12.3. The maximum absolute atomic E-state index is 11.7. The Labute approximate surface area is 123 Å². The first-order valence-electron chi connectivity index (χ1n) is 6.95. The van der Waals surface area contributed by atoms with E-state index in [1.807, 2.05) is 31.2 Å². The monoisotopic (exact) mass is 279 g/mol. The first-order valence-corrected chi connectivity index (χ1v) is 6.95. The summed E-state index contributed by atoms with van der Waals surface area (Å²) in [4.78, 5) is 11.7. The number of hydrogen-bond acceptors (Lipinski definition) is 3. The molecule has 0 bridgehead atoms. The zero-order valence-electron chi connectivity index (χ0n) is 12.1. The molecule has 3 heteroatoms. The van der Waals surface area contributed by atoms with Crippen LogP contribution in [-0.4, -0.2) is 19.1 Å². The van der Waals surface area contributed by atoms with Gasteiger partial charge in [0.05, 0.1) is 12.8 Å². The van der Waals surface area contributed by atoms with Crippen molar-refractivity contribution in [1.82, 2.24) is 0 Å². The van der Waals surface area contributed by atoms with Crippen LogP contribution >= 0.6 is 0 Å². The topological polar surface area (TPSA) is 38.3 Å². The molecule has 3 nitrogen and oxygen atoms in total. The standard InChI is InChI=1S/C18H17NO2/c1-12(18(20)21-2)19-17-15-9-5-3-7-13(15)11-14-8-4-6-10-16(14)17/h3-12,19H,1-2H3/t12-/m0/s1. The minimum absolute atomic E-state index is 0.271. The average Bonchev–Trinajstić information content (AvgIpc) is 2.53. The van der Waals surface area contributed by atoms with E-state index in [2.05, 4.69) is 35.6 Å². The van der Waals surface area contributed by atoms with Gasteiger partial charge in [-0.05, 0) is 23.8 Å². The van der Waals surface area contributed by atoms with E-state index >= 15 is 0 Å². The lowest BCUT2D eigenvalue weighted by molar-refractivity contribution is -0.141. The van der Waals surface area contributed by atoms with Gasteiger partial charge in [0.1, 0.15) is 6.04 Å². The molecule has 3 rings (SSSR count). The summed E-state index contributed by atoms with van der Waals surface area (Å²) in [6.07, 6.45) is 0. The van der Waals surface area contributed by atoms with Crippen LogP contribution in [0.5, 0.6) is 0 Å². The number of carbonyl (C=O) groups excluding carboxylic acids is 1. The first-order chi connectivity index (χ1) is 10.2. The molecular weight excluding hydrogens is 262 g/mol. The van der Waals surface area contributed by atoms with Crippen LogP contribution in [0.15, 0.2) is 54.6 Å². The van der Waals surface area contributed by atoms with Gasteiger partial charge in [0.15, 0.2) is 0 Å². The van der Waals surface area contributed by atoms with Gasteiger partial charge in [-0.15, -0.1) is 0 Å². The minimum Gasteiger partial charge on any atom is -0.467 e. The second-order valence-corrected chi connectivity index (χ2v) is 5.08. The number of anilines is 1. The fourth-order valence-corrected chi connectivity index (χ4v) is 2.62. The predicted molar refractivity (Wildman–Crippen MR) is 86.6 cm³/mol. The van der Waals surface area contributed by atoms with E-state index in [1.165, 1.54) is 7.11 Å². The number of hydrogen-bond donors (Lipinski definition) is 1. The number of ether oxygens (including phenoxy) is 1. The smallest absolute Gasteiger partial charge is 0.327 e. The van der Waals surface area contributed by atoms with Crippen molar-refractivity contribution in [2.24, 2.45) is 0 Å². The lowest BCUT2D eigenvalue weighted by Gasteiger charge is -2.17. The van der Waals surface area contributed by atoms with E-state index in [0.29, 0.717) is 0 Å². The van der Waals surface area contributed by atoms with Gasteiger partial charge in [0, 0.05) is 10.8 Å². The molecular formula is C18H17NO2. The van der Waals surface area contributed by atoms with Crippen LogP contribution in [0.25, 0.3) is 21.5 Å². The Bertz CT molecular complexity index is 757. The number of carbonyl (C=O) groups is 1. The summed E-state index contributed by atoms with van der Waals surface area (Å²) < 4.78 is 4.81. The molecule has 0 fully saturated rings. The van der Waals surface area contributed by atoms with E-state index < -0.39 is 6.04 Å². The highest BCUT2D eigenvalue weighted by molar-refractivity contribution is 6.11. The third-order valence-corrected chi connectivity index (χ3v) is 3.69. The largest absolute Gasteiger partial charge is 0.467 e. The highest BCUT2D eigenvalue weighted by Crippen LogP contribution is 2.33. The van der Waals surface area contributed by atoms with Gasteiger partial charge in [0.2, 0.25) is 0 Å². The van der Waals surface area contributed by atoms with Crippen LogP contribution < -0.4 is 5.32 Å². The molecule has 1 N–H and O–H groups in total. The van der Waals surface area contributed by atoms with Crippen molar-refractivity contribution in [3.8, 4) is 0 Å². The Morgan fingerprint density at radius 3 is 2.05 bits per heavy atom. The number of benzene rings is 3. The lowest BCUT2D eigenvalue weighted by Crippen LogP contribution is -2.27. The zero-order valence-corrected chi connectivity index (χ0v) is 12.1. The molecule has 0 spiro atoms. The number of esters is 1. The number of methoxy groups -OCH3 is 1. The number of nitrogens with one attached hydrogen (secondary N) is 1. The van der Waals surface area contributed by atoms with Crippen molar-refractivity contribution in [1.29, 1.82) is 0 Å². The van der Waals surface area contributed by atoms with Gasteiger partial charge in [-0.1, -0.05) is 48.5 Å².